The Morgan fingerprint density at radius 2 is 1.59 bits per heavy atom. The van der Waals surface area contributed by atoms with Crippen LogP contribution in [-0.4, -0.2) is 18.0 Å². The zero-order valence-corrected chi connectivity index (χ0v) is 15.4. The molecular formula is C21H17NO4S. The smallest absolute Gasteiger partial charge is 0.317 e. The van der Waals surface area contributed by atoms with Crippen molar-refractivity contribution in [1.29, 1.82) is 0 Å². The molecule has 0 spiro atoms. The molecule has 0 fully saturated rings. The van der Waals surface area contributed by atoms with Gasteiger partial charge in [0.1, 0.15) is 5.92 Å². The number of hydrogen-bond donors (Lipinski definition) is 0. The zero-order valence-electron chi connectivity index (χ0n) is 14.6. The summed E-state index contributed by atoms with van der Waals surface area (Å²) < 4.78 is 4.98. The highest BCUT2D eigenvalue weighted by Crippen LogP contribution is 2.38. The molecule has 0 aliphatic carbocycles. The van der Waals surface area contributed by atoms with E-state index in [4.69, 9.17) is 4.74 Å². The number of rotatable bonds is 6. The summed E-state index contributed by atoms with van der Waals surface area (Å²) in [4.78, 5) is 24.8. The Labute approximate surface area is 161 Å². The van der Waals surface area contributed by atoms with Crippen LogP contribution < -0.4 is 0 Å². The number of hydrogen-bond acceptors (Lipinski definition) is 5. The minimum Gasteiger partial charge on any atom is -0.468 e. The molecule has 1 atom stereocenters. The Morgan fingerprint density at radius 1 is 0.963 bits per heavy atom. The standard InChI is InChI=1S/C21H17NO4S/c1-26-21(23)20(15-8-4-2-5-9-15)16-12-13-18(22(24)25)19(14-16)27-17-10-6-3-7-11-17/h2-14,20H,1H3/t20-/m0/s1. The van der Waals surface area contributed by atoms with Gasteiger partial charge < -0.3 is 4.74 Å². The Morgan fingerprint density at radius 3 is 2.19 bits per heavy atom. The van der Waals surface area contributed by atoms with Gasteiger partial charge in [0.25, 0.3) is 5.69 Å². The predicted molar refractivity (Wildman–Crippen MR) is 104 cm³/mol. The number of carbonyl (C=O) groups excluding carboxylic acids is 1. The molecular weight excluding hydrogens is 362 g/mol. The Balaban J connectivity index is 2.07. The van der Waals surface area contributed by atoms with E-state index in [1.807, 2.05) is 60.7 Å². The third kappa shape index (κ3) is 4.35. The monoisotopic (exact) mass is 379 g/mol. The Kier molecular flexibility index (Phi) is 5.88. The topological polar surface area (TPSA) is 69.4 Å². The van der Waals surface area contributed by atoms with Gasteiger partial charge in [-0.15, -0.1) is 0 Å². The van der Waals surface area contributed by atoms with Gasteiger partial charge in [-0.05, 0) is 29.3 Å². The molecule has 0 aromatic heterocycles. The van der Waals surface area contributed by atoms with Crippen molar-refractivity contribution in [3.05, 3.63) is 100 Å². The van der Waals surface area contributed by atoms with E-state index in [1.165, 1.54) is 24.9 Å². The molecule has 0 aliphatic rings. The van der Waals surface area contributed by atoms with Crippen molar-refractivity contribution in [3.8, 4) is 0 Å². The van der Waals surface area contributed by atoms with Gasteiger partial charge in [0, 0.05) is 11.0 Å². The lowest BCUT2D eigenvalue weighted by atomic mass is 9.91. The summed E-state index contributed by atoms with van der Waals surface area (Å²) in [6, 6.07) is 23.4. The fraction of sp³-hybridized carbons (Fsp3) is 0.0952. The minimum atomic E-state index is -0.646. The second-order valence-corrected chi connectivity index (χ2v) is 6.88. The summed E-state index contributed by atoms with van der Waals surface area (Å²) >= 11 is 1.29. The predicted octanol–water partition coefficient (Wildman–Crippen LogP) is 5.05. The highest BCUT2D eigenvalue weighted by Gasteiger charge is 2.26. The molecule has 0 radical (unpaired) electrons. The highest BCUT2D eigenvalue weighted by molar-refractivity contribution is 7.99. The molecule has 0 heterocycles. The van der Waals surface area contributed by atoms with Gasteiger partial charge in [-0.3, -0.25) is 14.9 Å². The van der Waals surface area contributed by atoms with Crippen LogP contribution in [0.4, 0.5) is 5.69 Å². The number of ether oxygens (including phenoxy) is 1. The van der Waals surface area contributed by atoms with E-state index in [-0.39, 0.29) is 5.69 Å². The molecule has 0 bridgehead atoms. The van der Waals surface area contributed by atoms with Crippen LogP contribution in [-0.2, 0) is 9.53 Å². The molecule has 0 amide bonds. The SMILES string of the molecule is COC(=O)[C@@H](c1ccccc1)c1ccc([N+](=O)[O-])c(Sc2ccccc2)c1. The first kappa shape index (κ1) is 18.7. The average molecular weight is 379 g/mol. The van der Waals surface area contributed by atoms with Crippen LogP contribution in [0, 0.1) is 10.1 Å². The number of methoxy groups -OCH3 is 1. The molecule has 0 saturated heterocycles. The lowest BCUT2D eigenvalue weighted by Crippen LogP contribution is -2.15. The van der Waals surface area contributed by atoms with Crippen molar-refractivity contribution in [3.63, 3.8) is 0 Å². The lowest BCUT2D eigenvalue weighted by Gasteiger charge is -2.16. The van der Waals surface area contributed by atoms with Crippen LogP contribution in [0.5, 0.6) is 0 Å². The van der Waals surface area contributed by atoms with Gasteiger partial charge in [-0.2, -0.15) is 0 Å². The first-order chi connectivity index (χ1) is 13.1. The van der Waals surface area contributed by atoms with Crippen LogP contribution in [0.15, 0.2) is 88.7 Å². The van der Waals surface area contributed by atoms with E-state index < -0.39 is 16.8 Å². The van der Waals surface area contributed by atoms with Crippen LogP contribution in [0.25, 0.3) is 0 Å². The molecule has 0 N–H and O–H groups in total. The molecule has 136 valence electrons. The quantitative estimate of drug-likeness (QED) is 0.340. The van der Waals surface area contributed by atoms with E-state index in [0.29, 0.717) is 10.5 Å². The summed E-state index contributed by atoms with van der Waals surface area (Å²) in [5.41, 5.74) is 1.43. The van der Waals surface area contributed by atoms with Crippen molar-refractivity contribution in [1.82, 2.24) is 0 Å². The van der Waals surface area contributed by atoms with Gasteiger partial charge in [0.2, 0.25) is 0 Å². The molecule has 6 heteroatoms. The maximum absolute atomic E-state index is 12.4. The van der Waals surface area contributed by atoms with E-state index in [2.05, 4.69) is 0 Å². The van der Waals surface area contributed by atoms with Crippen molar-refractivity contribution in [2.45, 2.75) is 15.7 Å². The molecule has 0 aliphatic heterocycles. The maximum Gasteiger partial charge on any atom is 0.317 e. The number of carbonyl (C=O) groups is 1. The van der Waals surface area contributed by atoms with Gasteiger partial charge >= 0.3 is 5.97 Å². The van der Waals surface area contributed by atoms with Crippen molar-refractivity contribution < 1.29 is 14.5 Å². The maximum atomic E-state index is 12.4. The van der Waals surface area contributed by atoms with Crippen molar-refractivity contribution in [2.24, 2.45) is 0 Å². The number of nitro benzene ring substituents is 1. The first-order valence-electron chi connectivity index (χ1n) is 8.24. The minimum absolute atomic E-state index is 0.00396. The summed E-state index contributed by atoms with van der Waals surface area (Å²) in [6.07, 6.45) is 0. The van der Waals surface area contributed by atoms with Crippen molar-refractivity contribution in [2.75, 3.05) is 7.11 Å². The van der Waals surface area contributed by atoms with Gasteiger partial charge in [-0.1, -0.05) is 66.4 Å². The van der Waals surface area contributed by atoms with Crippen LogP contribution in [0.3, 0.4) is 0 Å². The number of esters is 1. The third-order valence-corrected chi connectivity index (χ3v) is 5.11. The van der Waals surface area contributed by atoms with E-state index in [0.717, 1.165) is 10.5 Å². The fourth-order valence-electron chi connectivity index (χ4n) is 2.79. The number of nitro groups is 1. The third-order valence-electron chi connectivity index (χ3n) is 4.05. The summed E-state index contributed by atoms with van der Waals surface area (Å²) in [5.74, 6) is -1.06. The normalized spacial score (nSPS) is 11.6. The van der Waals surface area contributed by atoms with Gasteiger partial charge in [-0.25, -0.2) is 0 Å². The summed E-state index contributed by atoms with van der Waals surface area (Å²) in [7, 11) is 1.34. The summed E-state index contributed by atoms with van der Waals surface area (Å²) in [5, 5.41) is 11.5. The zero-order chi connectivity index (χ0) is 19.2. The number of nitrogens with zero attached hydrogens (tertiary/aromatic N) is 1. The van der Waals surface area contributed by atoms with Crippen LogP contribution in [0.1, 0.15) is 17.0 Å². The van der Waals surface area contributed by atoms with E-state index in [1.54, 1.807) is 12.1 Å². The Hall–Kier alpha value is -3.12. The second kappa shape index (κ2) is 8.51. The molecule has 3 rings (SSSR count). The molecule has 27 heavy (non-hydrogen) atoms. The highest BCUT2D eigenvalue weighted by atomic mass is 32.2. The van der Waals surface area contributed by atoms with E-state index >= 15 is 0 Å². The molecule has 3 aromatic rings. The molecule has 0 unspecified atom stereocenters. The van der Waals surface area contributed by atoms with Crippen LogP contribution in [0.2, 0.25) is 0 Å². The summed E-state index contributed by atoms with van der Waals surface area (Å²) in [6.45, 7) is 0. The first-order valence-corrected chi connectivity index (χ1v) is 9.06. The number of benzene rings is 3. The Bertz CT molecular complexity index is 945. The second-order valence-electron chi connectivity index (χ2n) is 5.77. The average Bonchev–Trinajstić information content (AvgIpc) is 2.69. The molecule has 5 nitrogen and oxygen atoms in total. The molecule has 0 saturated carbocycles. The molecule has 3 aromatic carbocycles. The van der Waals surface area contributed by atoms with Crippen LogP contribution >= 0.6 is 11.8 Å². The van der Waals surface area contributed by atoms with E-state index in [9.17, 15) is 14.9 Å². The van der Waals surface area contributed by atoms with Crippen molar-refractivity contribution >= 4 is 23.4 Å². The largest absolute Gasteiger partial charge is 0.468 e. The van der Waals surface area contributed by atoms with Gasteiger partial charge in [0.05, 0.1) is 16.9 Å². The van der Waals surface area contributed by atoms with Gasteiger partial charge in [0.15, 0.2) is 0 Å². The lowest BCUT2D eigenvalue weighted by molar-refractivity contribution is -0.387. The fourth-order valence-corrected chi connectivity index (χ4v) is 3.78.